The fraction of sp³-hybridized carbons (Fsp3) is 0.462. The Morgan fingerprint density at radius 1 is 1.33 bits per heavy atom. The van der Waals surface area contributed by atoms with Crippen LogP contribution in [0.3, 0.4) is 0 Å². The number of anilines is 1. The first-order valence-electron chi connectivity index (χ1n) is 6.83. The van der Waals surface area contributed by atoms with Gasteiger partial charge < -0.3 is 11.1 Å². The van der Waals surface area contributed by atoms with Gasteiger partial charge in [-0.15, -0.1) is 5.10 Å². The second kappa shape index (κ2) is 6.57. The molecule has 0 atom stereocenters. The van der Waals surface area contributed by atoms with E-state index in [4.69, 9.17) is 18.0 Å². The molecule has 2 aromatic rings. The van der Waals surface area contributed by atoms with E-state index in [1.807, 2.05) is 14.0 Å². The molecule has 112 valence electrons. The molecule has 2 rings (SSSR count). The molecule has 0 saturated carbocycles. The molecule has 21 heavy (non-hydrogen) atoms. The molecule has 0 amide bonds. The van der Waals surface area contributed by atoms with Crippen molar-refractivity contribution in [2.75, 3.05) is 5.32 Å². The second-order valence-electron chi connectivity index (χ2n) is 4.61. The van der Waals surface area contributed by atoms with Gasteiger partial charge in [0.25, 0.3) is 0 Å². The van der Waals surface area contributed by atoms with Gasteiger partial charge in [-0.2, -0.15) is 10.2 Å². The third-order valence-electron chi connectivity index (χ3n) is 3.15. The van der Waals surface area contributed by atoms with Gasteiger partial charge in [0, 0.05) is 7.05 Å². The highest BCUT2D eigenvalue weighted by Crippen LogP contribution is 2.21. The normalized spacial score (nSPS) is 10.6. The molecule has 3 N–H and O–H groups in total. The van der Waals surface area contributed by atoms with Crippen molar-refractivity contribution in [3.05, 3.63) is 29.0 Å². The van der Waals surface area contributed by atoms with E-state index in [1.165, 1.54) is 0 Å². The number of nitrogens with zero attached hydrogens (tertiary/aromatic N) is 5. The highest BCUT2D eigenvalue weighted by molar-refractivity contribution is 7.80. The van der Waals surface area contributed by atoms with Gasteiger partial charge in [-0.25, -0.2) is 4.98 Å². The highest BCUT2D eigenvalue weighted by atomic mass is 32.1. The number of hydrogen-bond acceptors (Lipinski definition) is 6. The minimum Gasteiger partial charge on any atom is -0.389 e. The van der Waals surface area contributed by atoms with Crippen LogP contribution in [-0.4, -0.2) is 30.0 Å². The van der Waals surface area contributed by atoms with Crippen molar-refractivity contribution in [3.8, 4) is 0 Å². The van der Waals surface area contributed by atoms with Crippen LogP contribution in [0.4, 0.5) is 5.82 Å². The lowest BCUT2D eigenvalue weighted by Gasteiger charge is -2.14. The molecule has 8 heteroatoms. The van der Waals surface area contributed by atoms with E-state index in [0.29, 0.717) is 23.2 Å². The summed E-state index contributed by atoms with van der Waals surface area (Å²) >= 11 is 5.18. The maximum Gasteiger partial charge on any atom is 0.169 e. The van der Waals surface area contributed by atoms with Crippen molar-refractivity contribution >= 4 is 23.0 Å². The summed E-state index contributed by atoms with van der Waals surface area (Å²) < 4.78 is 1.65. The van der Waals surface area contributed by atoms with E-state index in [1.54, 1.807) is 11.0 Å². The summed E-state index contributed by atoms with van der Waals surface area (Å²) in [7, 11) is 1.82. The maximum absolute atomic E-state index is 5.88. The Labute approximate surface area is 129 Å². The Kier molecular flexibility index (Phi) is 4.79. The summed E-state index contributed by atoms with van der Waals surface area (Å²) in [6, 6.07) is 0. The molecule has 0 aliphatic carbocycles. The molecule has 0 unspecified atom stereocenters. The zero-order valence-corrected chi connectivity index (χ0v) is 13.2. The number of aromatic nitrogens is 5. The molecular formula is C13H19N7S. The van der Waals surface area contributed by atoms with Crippen LogP contribution in [0, 0.1) is 0 Å². The third kappa shape index (κ3) is 3.33. The van der Waals surface area contributed by atoms with Crippen LogP contribution in [0.15, 0.2) is 6.33 Å². The number of nitrogens with two attached hydrogens (primary N) is 1. The SMILES string of the molecule is CCc1nnc(NCc2ncn(C)n2)c(C(N)=S)c1CC. The average Bonchev–Trinajstić information content (AvgIpc) is 2.89. The fourth-order valence-electron chi connectivity index (χ4n) is 2.19. The molecule has 0 aliphatic heterocycles. The quantitative estimate of drug-likeness (QED) is 0.768. The topological polar surface area (TPSA) is 94.5 Å². The molecule has 0 bridgehead atoms. The molecule has 0 aliphatic rings. The molecule has 7 nitrogen and oxygen atoms in total. The van der Waals surface area contributed by atoms with Gasteiger partial charge in [0.05, 0.1) is 17.8 Å². The van der Waals surface area contributed by atoms with Crippen LogP contribution in [0.25, 0.3) is 0 Å². The lowest BCUT2D eigenvalue weighted by Crippen LogP contribution is -2.20. The van der Waals surface area contributed by atoms with Crippen LogP contribution in [0.5, 0.6) is 0 Å². The summed E-state index contributed by atoms with van der Waals surface area (Å²) in [5, 5.41) is 15.8. The second-order valence-corrected chi connectivity index (χ2v) is 5.05. The van der Waals surface area contributed by atoms with Crippen molar-refractivity contribution in [1.82, 2.24) is 25.0 Å². The van der Waals surface area contributed by atoms with Crippen LogP contribution in [0.2, 0.25) is 0 Å². The summed E-state index contributed by atoms with van der Waals surface area (Å²) in [5.74, 6) is 1.26. The monoisotopic (exact) mass is 305 g/mol. The number of nitrogens with one attached hydrogen (secondary N) is 1. The molecule has 0 saturated heterocycles. The first-order chi connectivity index (χ1) is 10.1. The van der Waals surface area contributed by atoms with Crippen LogP contribution < -0.4 is 11.1 Å². The third-order valence-corrected chi connectivity index (χ3v) is 3.36. The van der Waals surface area contributed by atoms with E-state index in [2.05, 4.69) is 32.5 Å². The molecule has 0 aromatic carbocycles. The van der Waals surface area contributed by atoms with Crippen molar-refractivity contribution in [2.45, 2.75) is 33.2 Å². The molecule has 0 radical (unpaired) electrons. The molecule has 0 fully saturated rings. The number of rotatable bonds is 6. The van der Waals surface area contributed by atoms with Gasteiger partial charge >= 0.3 is 0 Å². The summed E-state index contributed by atoms with van der Waals surface area (Å²) in [6.45, 7) is 4.54. The van der Waals surface area contributed by atoms with Crippen molar-refractivity contribution in [3.63, 3.8) is 0 Å². The minimum atomic E-state index is 0.327. The van der Waals surface area contributed by atoms with Crippen LogP contribution in [-0.2, 0) is 26.4 Å². The van der Waals surface area contributed by atoms with Gasteiger partial charge in [-0.1, -0.05) is 26.1 Å². The van der Waals surface area contributed by atoms with Crippen molar-refractivity contribution in [1.29, 1.82) is 0 Å². The predicted octanol–water partition coefficient (Wildman–Crippen LogP) is 0.976. The smallest absolute Gasteiger partial charge is 0.169 e. The van der Waals surface area contributed by atoms with Crippen LogP contribution >= 0.6 is 12.2 Å². The lowest BCUT2D eigenvalue weighted by molar-refractivity contribution is 0.746. The number of hydrogen-bond donors (Lipinski definition) is 2. The number of thiocarbonyl (C=S) groups is 1. The van der Waals surface area contributed by atoms with Gasteiger partial charge in [-0.05, 0) is 18.4 Å². The van der Waals surface area contributed by atoms with Gasteiger partial charge in [-0.3, -0.25) is 4.68 Å². The Bertz CT molecular complexity index is 650. The standard InChI is InChI=1S/C13H19N7S/c1-4-8-9(5-2)17-18-13(11(8)12(14)21)15-6-10-16-7-20(3)19-10/h7H,4-6H2,1-3H3,(H2,14,21)(H,15,18). The van der Waals surface area contributed by atoms with Gasteiger partial charge in [0.2, 0.25) is 0 Å². The highest BCUT2D eigenvalue weighted by Gasteiger charge is 2.16. The zero-order valence-electron chi connectivity index (χ0n) is 12.4. The van der Waals surface area contributed by atoms with Crippen molar-refractivity contribution in [2.24, 2.45) is 12.8 Å². The minimum absolute atomic E-state index is 0.327. The predicted molar refractivity (Wildman–Crippen MR) is 85.0 cm³/mol. The van der Waals surface area contributed by atoms with Gasteiger partial charge in [0.1, 0.15) is 11.3 Å². The van der Waals surface area contributed by atoms with E-state index in [9.17, 15) is 0 Å². The average molecular weight is 305 g/mol. The maximum atomic E-state index is 5.88. The van der Waals surface area contributed by atoms with Crippen LogP contribution in [0.1, 0.15) is 36.5 Å². The largest absolute Gasteiger partial charge is 0.389 e. The lowest BCUT2D eigenvalue weighted by atomic mass is 10.0. The summed E-state index contributed by atoms with van der Waals surface area (Å²) in [6.07, 6.45) is 3.25. The Balaban J connectivity index is 2.32. The first-order valence-corrected chi connectivity index (χ1v) is 7.24. The Hall–Kier alpha value is -2.09. The van der Waals surface area contributed by atoms with E-state index < -0.39 is 0 Å². The molecule has 2 heterocycles. The summed E-state index contributed by atoms with van der Waals surface area (Å²) in [4.78, 5) is 4.49. The Morgan fingerprint density at radius 2 is 2.10 bits per heavy atom. The number of aryl methyl sites for hydroxylation is 2. The van der Waals surface area contributed by atoms with E-state index in [0.717, 1.165) is 29.7 Å². The molecular weight excluding hydrogens is 286 g/mol. The van der Waals surface area contributed by atoms with E-state index >= 15 is 0 Å². The first kappa shape index (κ1) is 15.3. The van der Waals surface area contributed by atoms with Crippen molar-refractivity contribution < 1.29 is 0 Å². The molecule has 2 aromatic heterocycles. The van der Waals surface area contributed by atoms with E-state index in [-0.39, 0.29) is 0 Å². The molecule has 0 spiro atoms. The van der Waals surface area contributed by atoms with Gasteiger partial charge in [0.15, 0.2) is 11.6 Å². The Morgan fingerprint density at radius 3 is 2.62 bits per heavy atom. The fourth-order valence-corrected chi connectivity index (χ4v) is 2.41. The zero-order chi connectivity index (χ0) is 15.4. The summed E-state index contributed by atoms with van der Waals surface area (Å²) in [5.41, 5.74) is 8.63.